The first kappa shape index (κ1) is 14.5. The molecule has 2 aliphatic rings. The summed E-state index contributed by atoms with van der Waals surface area (Å²) in [4.78, 5) is 33.2. The quantitative estimate of drug-likeness (QED) is 0.849. The Balaban J connectivity index is 1.75. The minimum atomic E-state index is -0.286. The highest BCUT2D eigenvalue weighted by molar-refractivity contribution is 7.09. The number of rotatable bonds is 4. The van der Waals surface area contributed by atoms with Gasteiger partial charge in [0.1, 0.15) is 12.1 Å². The van der Waals surface area contributed by atoms with Crippen molar-refractivity contribution in [2.45, 2.75) is 51.6 Å². The molecule has 114 valence electrons. The van der Waals surface area contributed by atoms with E-state index >= 15 is 0 Å². The zero-order chi connectivity index (χ0) is 15.0. The molecule has 0 radical (unpaired) electrons. The number of carbonyl (C=O) groups is 2. The van der Waals surface area contributed by atoms with E-state index in [-0.39, 0.29) is 23.9 Å². The van der Waals surface area contributed by atoms with Gasteiger partial charge in [0.25, 0.3) is 0 Å². The first-order chi connectivity index (χ1) is 10.1. The largest absolute Gasteiger partial charge is 0.329 e. The van der Waals surface area contributed by atoms with Gasteiger partial charge in [-0.15, -0.1) is 11.3 Å². The highest BCUT2D eigenvalue weighted by atomic mass is 32.1. The summed E-state index contributed by atoms with van der Waals surface area (Å²) in [7, 11) is 0. The molecule has 0 N–H and O–H groups in total. The lowest BCUT2D eigenvalue weighted by Gasteiger charge is -2.42. The van der Waals surface area contributed by atoms with E-state index in [1.54, 1.807) is 21.1 Å². The van der Waals surface area contributed by atoms with Crippen molar-refractivity contribution in [1.29, 1.82) is 0 Å². The number of amides is 2. The van der Waals surface area contributed by atoms with Crippen LogP contribution in [0.2, 0.25) is 0 Å². The fourth-order valence-electron chi connectivity index (χ4n) is 3.38. The predicted octanol–water partition coefficient (Wildman–Crippen LogP) is 1.61. The highest BCUT2D eigenvalue weighted by Crippen LogP contribution is 2.28. The molecule has 3 heterocycles. The van der Waals surface area contributed by atoms with Crippen LogP contribution in [0.1, 0.15) is 36.9 Å². The van der Waals surface area contributed by atoms with Gasteiger partial charge in [-0.05, 0) is 26.2 Å². The molecular formula is C15H21N3O2S. The van der Waals surface area contributed by atoms with Gasteiger partial charge in [0, 0.05) is 24.9 Å². The molecule has 2 atom stereocenters. The van der Waals surface area contributed by atoms with Gasteiger partial charge in [0.05, 0.1) is 10.7 Å². The molecule has 0 spiro atoms. The van der Waals surface area contributed by atoms with Gasteiger partial charge in [0.2, 0.25) is 11.8 Å². The topological polar surface area (TPSA) is 53.5 Å². The van der Waals surface area contributed by atoms with Crippen molar-refractivity contribution in [3.63, 3.8) is 0 Å². The molecular weight excluding hydrogens is 286 g/mol. The van der Waals surface area contributed by atoms with E-state index in [1.807, 2.05) is 19.2 Å². The minimum Gasteiger partial charge on any atom is -0.329 e. The van der Waals surface area contributed by atoms with Crippen molar-refractivity contribution in [2.75, 3.05) is 13.1 Å². The Bertz CT molecular complexity index is 557. The van der Waals surface area contributed by atoms with Gasteiger partial charge >= 0.3 is 0 Å². The van der Waals surface area contributed by atoms with E-state index in [4.69, 9.17) is 0 Å². The third kappa shape index (κ3) is 2.57. The maximum Gasteiger partial charge on any atom is 0.246 e. The van der Waals surface area contributed by atoms with Crippen LogP contribution in [0.5, 0.6) is 0 Å². The number of nitrogens with zero attached hydrogens (tertiary/aromatic N) is 3. The summed E-state index contributed by atoms with van der Waals surface area (Å²) >= 11 is 1.62. The average molecular weight is 307 g/mol. The van der Waals surface area contributed by atoms with E-state index in [2.05, 4.69) is 4.98 Å². The highest BCUT2D eigenvalue weighted by Gasteiger charge is 2.46. The Hall–Kier alpha value is -1.43. The summed E-state index contributed by atoms with van der Waals surface area (Å²) in [6.07, 6.45) is 3.17. The standard InChI is InChI=1S/C15H21N3O2S/c1-3-12-14(19)17-7-4-5-13(17)15(20)18(12)8-6-11-9-21-10(2)16-11/h9,12-13H,3-8H2,1-2H3. The van der Waals surface area contributed by atoms with Crippen LogP contribution in [0.4, 0.5) is 0 Å². The number of carbonyl (C=O) groups excluding carboxylic acids is 2. The fourth-order valence-corrected chi connectivity index (χ4v) is 4.02. The van der Waals surface area contributed by atoms with Crippen molar-refractivity contribution in [2.24, 2.45) is 0 Å². The molecule has 21 heavy (non-hydrogen) atoms. The zero-order valence-corrected chi connectivity index (χ0v) is 13.4. The van der Waals surface area contributed by atoms with Gasteiger partial charge in [-0.3, -0.25) is 9.59 Å². The Morgan fingerprint density at radius 3 is 2.86 bits per heavy atom. The average Bonchev–Trinajstić information content (AvgIpc) is 3.10. The van der Waals surface area contributed by atoms with Gasteiger partial charge in [-0.2, -0.15) is 0 Å². The molecule has 0 bridgehead atoms. The smallest absolute Gasteiger partial charge is 0.246 e. The Kier molecular flexibility index (Phi) is 3.97. The number of hydrogen-bond acceptors (Lipinski definition) is 4. The second-order valence-corrected chi connectivity index (χ2v) is 6.82. The molecule has 0 aromatic carbocycles. The van der Waals surface area contributed by atoms with Crippen molar-refractivity contribution in [3.05, 3.63) is 16.1 Å². The van der Waals surface area contributed by atoms with Crippen LogP contribution in [0, 0.1) is 6.92 Å². The van der Waals surface area contributed by atoms with E-state index in [9.17, 15) is 9.59 Å². The molecule has 1 aromatic heterocycles. The van der Waals surface area contributed by atoms with Crippen LogP contribution in [0.3, 0.4) is 0 Å². The van der Waals surface area contributed by atoms with Gasteiger partial charge in [-0.1, -0.05) is 6.92 Å². The third-order valence-electron chi connectivity index (χ3n) is 4.43. The fraction of sp³-hybridized carbons (Fsp3) is 0.667. The first-order valence-electron chi connectivity index (χ1n) is 7.63. The van der Waals surface area contributed by atoms with Crippen molar-refractivity contribution < 1.29 is 9.59 Å². The molecule has 2 amide bonds. The number of thiazole rings is 1. The number of aromatic nitrogens is 1. The van der Waals surface area contributed by atoms with Gasteiger partial charge < -0.3 is 9.80 Å². The van der Waals surface area contributed by atoms with Crippen molar-refractivity contribution in [3.8, 4) is 0 Å². The van der Waals surface area contributed by atoms with Crippen LogP contribution in [0.25, 0.3) is 0 Å². The predicted molar refractivity (Wildman–Crippen MR) is 81.1 cm³/mol. The summed E-state index contributed by atoms with van der Waals surface area (Å²) in [6.45, 7) is 5.29. The Morgan fingerprint density at radius 1 is 1.38 bits per heavy atom. The molecule has 2 saturated heterocycles. The normalized spacial score (nSPS) is 25.6. The van der Waals surface area contributed by atoms with E-state index in [1.165, 1.54) is 0 Å². The second-order valence-electron chi connectivity index (χ2n) is 5.75. The molecule has 2 unspecified atom stereocenters. The van der Waals surface area contributed by atoms with E-state index in [0.29, 0.717) is 13.0 Å². The number of piperazine rings is 1. The summed E-state index contributed by atoms with van der Waals surface area (Å²) in [5.74, 6) is 0.264. The minimum absolute atomic E-state index is 0.130. The number of hydrogen-bond donors (Lipinski definition) is 0. The summed E-state index contributed by atoms with van der Waals surface area (Å²) in [6, 6.07) is -0.496. The van der Waals surface area contributed by atoms with Gasteiger partial charge in [0.15, 0.2) is 0 Å². The van der Waals surface area contributed by atoms with Crippen molar-refractivity contribution >= 4 is 23.2 Å². The van der Waals surface area contributed by atoms with E-state index in [0.717, 1.165) is 36.5 Å². The lowest BCUT2D eigenvalue weighted by Crippen LogP contribution is -2.62. The monoisotopic (exact) mass is 307 g/mol. The third-order valence-corrected chi connectivity index (χ3v) is 5.25. The lowest BCUT2D eigenvalue weighted by atomic mass is 10.0. The molecule has 3 rings (SSSR count). The summed E-state index contributed by atoms with van der Waals surface area (Å²) < 4.78 is 0. The Labute approximate surface area is 129 Å². The van der Waals surface area contributed by atoms with Crippen LogP contribution >= 0.6 is 11.3 Å². The number of aryl methyl sites for hydroxylation is 1. The van der Waals surface area contributed by atoms with Crippen LogP contribution in [0.15, 0.2) is 5.38 Å². The summed E-state index contributed by atoms with van der Waals surface area (Å²) in [5, 5.41) is 3.08. The molecule has 2 fully saturated rings. The maximum absolute atomic E-state index is 12.7. The van der Waals surface area contributed by atoms with E-state index < -0.39 is 0 Å². The zero-order valence-electron chi connectivity index (χ0n) is 12.5. The maximum atomic E-state index is 12.7. The van der Waals surface area contributed by atoms with Crippen LogP contribution in [-0.4, -0.2) is 51.8 Å². The molecule has 2 aliphatic heterocycles. The molecule has 6 heteroatoms. The summed E-state index contributed by atoms with van der Waals surface area (Å²) in [5.41, 5.74) is 1.02. The van der Waals surface area contributed by atoms with Gasteiger partial charge in [-0.25, -0.2) is 4.98 Å². The molecule has 0 saturated carbocycles. The molecule has 5 nitrogen and oxygen atoms in total. The second kappa shape index (κ2) is 5.75. The first-order valence-corrected chi connectivity index (χ1v) is 8.51. The SMILES string of the molecule is CCC1C(=O)N2CCCC2C(=O)N1CCc1csc(C)n1. The number of fused-ring (bicyclic) bond motifs is 1. The van der Waals surface area contributed by atoms with Crippen LogP contribution in [-0.2, 0) is 16.0 Å². The van der Waals surface area contributed by atoms with Crippen LogP contribution < -0.4 is 0 Å². The Morgan fingerprint density at radius 2 is 2.19 bits per heavy atom. The lowest BCUT2D eigenvalue weighted by molar-refractivity contribution is -0.159. The molecule has 0 aliphatic carbocycles. The molecule has 1 aromatic rings. The van der Waals surface area contributed by atoms with Crippen molar-refractivity contribution in [1.82, 2.24) is 14.8 Å².